The van der Waals surface area contributed by atoms with Gasteiger partial charge in [0, 0.05) is 5.02 Å². The molecule has 0 aliphatic rings. The fraction of sp³-hybridized carbons (Fsp3) is 0.269. The second kappa shape index (κ2) is 11.3. The second-order valence-electron chi connectivity index (χ2n) is 8.87. The van der Waals surface area contributed by atoms with Gasteiger partial charge < -0.3 is 10.1 Å². The number of benzene rings is 3. The molecule has 186 valence electrons. The van der Waals surface area contributed by atoms with Crippen molar-refractivity contribution in [2.24, 2.45) is 0 Å². The average Bonchev–Trinajstić information content (AvgIpc) is 2.82. The van der Waals surface area contributed by atoms with Crippen LogP contribution < -0.4 is 14.4 Å². The summed E-state index contributed by atoms with van der Waals surface area (Å²) >= 11 is 12.4. The Balaban J connectivity index is 1.73. The van der Waals surface area contributed by atoms with E-state index in [1.165, 1.54) is 24.3 Å². The summed E-state index contributed by atoms with van der Waals surface area (Å²) < 4.78 is 33.6. The Morgan fingerprint density at radius 3 is 2.31 bits per heavy atom. The van der Waals surface area contributed by atoms with E-state index in [1.54, 1.807) is 24.3 Å². The molecule has 3 aromatic rings. The van der Waals surface area contributed by atoms with Gasteiger partial charge in [-0.15, -0.1) is 0 Å². The highest BCUT2D eigenvalue weighted by Gasteiger charge is 2.29. The number of sulfonamides is 1. The zero-order valence-electron chi connectivity index (χ0n) is 19.8. The summed E-state index contributed by atoms with van der Waals surface area (Å²) in [5.74, 6) is 0.237. The van der Waals surface area contributed by atoms with Crippen LogP contribution >= 0.6 is 23.2 Å². The number of hydrogen-bond donors (Lipinski definition) is 1. The lowest BCUT2D eigenvalue weighted by atomic mass is 9.86. The Morgan fingerprint density at radius 2 is 1.63 bits per heavy atom. The van der Waals surface area contributed by atoms with E-state index in [0.29, 0.717) is 5.02 Å². The maximum absolute atomic E-state index is 13.4. The third-order valence-corrected chi connectivity index (χ3v) is 7.50. The first-order chi connectivity index (χ1) is 16.5. The van der Waals surface area contributed by atoms with Gasteiger partial charge in [0.05, 0.1) is 22.2 Å². The van der Waals surface area contributed by atoms with Gasteiger partial charge in [0.25, 0.3) is 10.0 Å². The Morgan fingerprint density at radius 1 is 0.971 bits per heavy atom. The van der Waals surface area contributed by atoms with Crippen LogP contribution in [0, 0.1) is 0 Å². The molecule has 3 aromatic carbocycles. The number of rotatable bonds is 9. The predicted molar refractivity (Wildman–Crippen MR) is 141 cm³/mol. The molecule has 1 amide bonds. The number of halogens is 2. The Labute approximate surface area is 216 Å². The molecule has 35 heavy (non-hydrogen) atoms. The lowest BCUT2D eigenvalue weighted by Gasteiger charge is -2.25. The molecule has 0 bridgehead atoms. The first kappa shape index (κ1) is 26.9. The van der Waals surface area contributed by atoms with Crippen LogP contribution in [0.4, 0.5) is 5.69 Å². The smallest absolute Gasteiger partial charge is 0.264 e. The number of anilines is 1. The van der Waals surface area contributed by atoms with Crippen LogP contribution in [-0.4, -0.2) is 34.0 Å². The Hall–Kier alpha value is -2.74. The maximum Gasteiger partial charge on any atom is 0.264 e. The molecule has 0 aliphatic carbocycles. The summed E-state index contributed by atoms with van der Waals surface area (Å²) in [4.78, 5) is 12.8. The number of carbonyl (C=O) groups is 1. The average molecular weight is 535 g/mol. The van der Waals surface area contributed by atoms with Crippen LogP contribution in [0.15, 0.2) is 77.7 Å². The van der Waals surface area contributed by atoms with Gasteiger partial charge in [-0.2, -0.15) is 0 Å². The molecule has 0 atom stereocenters. The molecule has 1 N–H and O–H groups in total. The van der Waals surface area contributed by atoms with Crippen LogP contribution in [0.2, 0.25) is 10.0 Å². The van der Waals surface area contributed by atoms with E-state index >= 15 is 0 Å². The largest absolute Gasteiger partial charge is 0.491 e. The number of ether oxygens (including phenoxy) is 1. The number of nitrogens with one attached hydrogen (secondary N) is 1. The van der Waals surface area contributed by atoms with Gasteiger partial charge in [-0.05, 0) is 47.4 Å². The summed E-state index contributed by atoms with van der Waals surface area (Å²) in [5.41, 5.74) is 1.08. The van der Waals surface area contributed by atoms with Crippen molar-refractivity contribution < 1.29 is 17.9 Å². The maximum atomic E-state index is 13.4. The Kier molecular flexibility index (Phi) is 8.70. The Bertz CT molecular complexity index is 1280. The van der Waals surface area contributed by atoms with Crippen LogP contribution in [0.25, 0.3) is 0 Å². The fourth-order valence-electron chi connectivity index (χ4n) is 3.45. The van der Waals surface area contributed by atoms with Gasteiger partial charge in [-0.1, -0.05) is 80.4 Å². The normalized spacial score (nSPS) is 11.7. The van der Waals surface area contributed by atoms with E-state index in [1.807, 2.05) is 24.3 Å². The van der Waals surface area contributed by atoms with Crippen molar-refractivity contribution in [3.8, 4) is 5.75 Å². The predicted octanol–water partition coefficient (Wildman–Crippen LogP) is 5.68. The summed E-state index contributed by atoms with van der Waals surface area (Å²) in [5, 5.41) is 3.17. The molecule has 9 heteroatoms. The van der Waals surface area contributed by atoms with Crippen molar-refractivity contribution in [1.29, 1.82) is 0 Å². The molecule has 0 aromatic heterocycles. The van der Waals surface area contributed by atoms with Crippen LogP contribution in [-0.2, 0) is 20.2 Å². The molecular weight excluding hydrogens is 507 g/mol. The van der Waals surface area contributed by atoms with Gasteiger partial charge in [-0.25, -0.2) is 8.42 Å². The highest BCUT2D eigenvalue weighted by atomic mass is 35.5. The van der Waals surface area contributed by atoms with Crippen molar-refractivity contribution in [3.05, 3.63) is 88.4 Å². The lowest BCUT2D eigenvalue weighted by molar-refractivity contribution is -0.119. The van der Waals surface area contributed by atoms with E-state index in [-0.39, 0.29) is 34.2 Å². The number of hydrogen-bond acceptors (Lipinski definition) is 4. The summed E-state index contributed by atoms with van der Waals surface area (Å²) in [6, 6.07) is 20.0. The van der Waals surface area contributed by atoms with Crippen molar-refractivity contribution in [2.75, 3.05) is 24.0 Å². The number of amides is 1. The van der Waals surface area contributed by atoms with Crippen molar-refractivity contribution in [1.82, 2.24) is 5.32 Å². The first-order valence-electron chi connectivity index (χ1n) is 11.0. The minimum atomic E-state index is -4.09. The van der Waals surface area contributed by atoms with Crippen molar-refractivity contribution in [3.63, 3.8) is 0 Å². The van der Waals surface area contributed by atoms with Gasteiger partial charge in [-0.3, -0.25) is 9.10 Å². The molecule has 0 radical (unpaired) electrons. The summed E-state index contributed by atoms with van der Waals surface area (Å²) in [6.45, 7) is 6.23. The molecule has 0 aliphatic heterocycles. The fourth-order valence-corrected chi connectivity index (χ4v) is 5.33. The van der Waals surface area contributed by atoms with E-state index in [0.717, 1.165) is 15.6 Å². The van der Waals surface area contributed by atoms with Crippen LogP contribution in [0.3, 0.4) is 0 Å². The SMILES string of the molecule is CC(C)(C)c1ccccc1OCCNC(=O)CN(c1cc(Cl)ccc1Cl)S(=O)(=O)c1ccccc1. The number of nitrogens with zero attached hydrogens (tertiary/aromatic N) is 1. The molecule has 0 heterocycles. The molecule has 0 unspecified atom stereocenters. The standard InChI is InChI=1S/C26H28Cl2N2O4S/c1-26(2,3)21-11-7-8-12-24(21)34-16-15-29-25(31)18-30(23-17-19(27)13-14-22(23)28)35(32,33)20-9-5-4-6-10-20/h4-14,17H,15-16,18H2,1-3H3,(H,29,31). The van der Waals surface area contributed by atoms with E-state index < -0.39 is 22.5 Å². The molecule has 0 fully saturated rings. The quantitative estimate of drug-likeness (QED) is 0.358. The molecule has 0 saturated carbocycles. The van der Waals surface area contributed by atoms with Crippen molar-refractivity contribution >= 4 is 44.8 Å². The minimum Gasteiger partial charge on any atom is -0.491 e. The van der Waals surface area contributed by atoms with Crippen LogP contribution in [0.1, 0.15) is 26.3 Å². The molecule has 0 saturated heterocycles. The number of para-hydroxylation sites is 1. The van der Waals surface area contributed by atoms with Gasteiger partial charge >= 0.3 is 0 Å². The van der Waals surface area contributed by atoms with Crippen LogP contribution in [0.5, 0.6) is 5.75 Å². The van der Waals surface area contributed by atoms with E-state index in [4.69, 9.17) is 27.9 Å². The third-order valence-electron chi connectivity index (χ3n) is 5.17. The lowest BCUT2D eigenvalue weighted by Crippen LogP contribution is -2.42. The van der Waals surface area contributed by atoms with Gasteiger partial charge in [0.1, 0.15) is 18.9 Å². The van der Waals surface area contributed by atoms with Crippen molar-refractivity contribution in [2.45, 2.75) is 31.1 Å². The zero-order chi connectivity index (χ0) is 25.6. The number of carbonyl (C=O) groups excluding carboxylic acids is 1. The van der Waals surface area contributed by atoms with Gasteiger partial charge in [0.2, 0.25) is 5.91 Å². The molecule has 3 rings (SSSR count). The van der Waals surface area contributed by atoms with Gasteiger partial charge in [0.15, 0.2) is 0 Å². The summed E-state index contributed by atoms with van der Waals surface area (Å²) in [6.07, 6.45) is 0. The minimum absolute atomic E-state index is 0.0333. The first-order valence-corrected chi connectivity index (χ1v) is 13.2. The van der Waals surface area contributed by atoms with E-state index in [9.17, 15) is 13.2 Å². The topological polar surface area (TPSA) is 75.7 Å². The molecule has 0 spiro atoms. The third kappa shape index (κ3) is 6.90. The second-order valence-corrected chi connectivity index (χ2v) is 11.6. The highest BCUT2D eigenvalue weighted by Crippen LogP contribution is 2.33. The van der Waals surface area contributed by atoms with E-state index in [2.05, 4.69) is 26.1 Å². The summed E-state index contributed by atoms with van der Waals surface area (Å²) in [7, 11) is -4.09. The molecule has 6 nitrogen and oxygen atoms in total. The molecular formula is C26H28Cl2N2O4S. The highest BCUT2D eigenvalue weighted by molar-refractivity contribution is 7.92. The zero-order valence-corrected chi connectivity index (χ0v) is 22.1. The monoisotopic (exact) mass is 534 g/mol.